The smallest absolute Gasteiger partial charge is 0.252 e. The molecule has 156 valence electrons. The first kappa shape index (κ1) is 19.2. The Kier molecular flexibility index (Phi) is 4.82. The van der Waals surface area contributed by atoms with Gasteiger partial charge in [0.1, 0.15) is 0 Å². The molecule has 6 heteroatoms. The lowest BCUT2D eigenvalue weighted by Gasteiger charge is -2.29. The lowest BCUT2D eigenvalue weighted by molar-refractivity contribution is -0.131. The highest BCUT2D eigenvalue weighted by molar-refractivity contribution is 5.93. The van der Waals surface area contributed by atoms with Gasteiger partial charge in [-0.25, -0.2) is 0 Å². The first-order chi connectivity index (χ1) is 14.5. The number of carbonyl (C=O) groups excluding carboxylic acids is 2. The molecular weight excluding hydrogens is 378 g/mol. The molecule has 2 bridgehead atoms. The highest BCUT2D eigenvalue weighted by Gasteiger charge is 2.63. The van der Waals surface area contributed by atoms with Gasteiger partial charge in [-0.3, -0.25) is 14.6 Å². The Hall–Kier alpha value is -2.73. The van der Waals surface area contributed by atoms with Gasteiger partial charge in [-0.05, 0) is 37.5 Å². The molecule has 0 aliphatic carbocycles. The molecule has 1 N–H and O–H groups in total. The average molecular weight is 405 g/mol. The maximum Gasteiger partial charge on any atom is 0.252 e. The fraction of sp³-hybridized carbons (Fsp3) is 0.458. The van der Waals surface area contributed by atoms with E-state index in [1.54, 1.807) is 12.3 Å². The average Bonchev–Trinajstić information content (AvgIpc) is 3.42. The number of nitrogens with one attached hydrogen (secondary N) is 1. The van der Waals surface area contributed by atoms with Crippen molar-refractivity contribution in [1.82, 2.24) is 15.2 Å². The molecule has 4 atom stereocenters. The summed E-state index contributed by atoms with van der Waals surface area (Å²) in [4.78, 5) is 31.6. The lowest BCUT2D eigenvalue weighted by Crippen LogP contribution is -2.41. The minimum Gasteiger partial charge on any atom is -0.369 e. The lowest BCUT2D eigenvalue weighted by atomic mass is 9.73. The fourth-order valence-electron chi connectivity index (χ4n) is 5.45. The summed E-state index contributed by atoms with van der Waals surface area (Å²) in [6.07, 6.45) is 4.23. The number of aromatic nitrogens is 1. The summed E-state index contributed by atoms with van der Waals surface area (Å²) in [5.74, 6) is 0.586. The summed E-state index contributed by atoms with van der Waals surface area (Å²) >= 11 is 0. The maximum atomic E-state index is 12.9. The van der Waals surface area contributed by atoms with E-state index in [0.717, 1.165) is 30.6 Å². The highest BCUT2D eigenvalue weighted by atomic mass is 16.5. The third-order valence-electron chi connectivity index (χ3n) is 7.01. The van der Waals surface area contributed by atoms with Crippen LogP contribution in [0.2, 0.25) is 0 Å². The Bertz CT molecular complexity index is 946. The Labute approximate surface area is 176 Å². The van der Waals surface area contributed by atoms with Crippen LogP contribution in [0, 0.1) is 18.8 Å². The van der Waals surface area contributed by atoms with Crippen molar-refractivity contribution in [3.8, 4) is 0 Å². The second kappa shape index (κ2) is 7.51. The maximum absolute atomic E-state index is 12.9. The number of aryl methyl sites for hydroxylation is 1. The molecule has 4 heterocycles. The number of amides is 2. The highest BCUT2D eigenvalue weighted by Crippen LogP contribution is 2.54. The predicted octanol–water partition coefficient (Wildman–Crippen LogP) is 2.37. The first-order valence-electron chi connectivity index (χ1n) is 10.7. The van der Waals surface area contributed by atoms with E-state index in [1.165, 1.54) is 0 Å². The third-order valence-corrected chi connectivity index (χ3v) is 7.01. The largest absolute Gasteiger partial charge is 0.369 e. The summed E-state index contributed by atoms with van der Waals surface area (Å²) in [5.41, 5.74) is 2.28. The monoisotopic (exact) mass is 405 g/mol. The molecule has 3 aliphatic rings. The number of rotatable bonds is 5. The second-order valence-electron chi connectivity index (χ2n) is 8.87. The van der Waals surface area contributed by atoms with Gasteiger partial charge >= 0.3 is 0 Å². The molecule has 1 spiro atoms. The van der Waals surface area contributed by atoms with Crippen molar-refractivity contribution in [2.45, 2.75) is 37.9 Å². The molecule has 0 radical (unpaired) electrons. The van der Waals surface area contributed by atoms with Crippen LogP contribution in [-0.2, 0) is 16.0 Å². The quantitative estimate of drug-likeness (QED) is 0.829. The summed E-state index contributed by atoms with van der Waals surface area (Å²) in [7, 11) is 0. The van der Waals surface area contributed by atoms with E-state index in [1.807, 2.05) is 48.2 Å². The van der Waals surface area contributed by atoms with Crippen LogP contribution in [0.25, 0.3) is 0 Å². The molecule has 5 rings (SSSR count). The SMILES string of the molecule is Cc1ccc(C(=O)NC[C@H]2[C@H]3CN(C(=O)Cc4ccccc4)C[C@]34CC[C@H]2O4)cn1. The van der Waals surface area contributed by atoms with Gasteiger partial charge in [0.05, 0.1) is 30.2 Å². The van der Waals surface area contributed by atoms with Gasteiger partial charge in [0.15, 0.2) is 0 Å². The molecule has 1 aromatic heterocycles. The Morgan fingerprint density at radius 3 is 2.83 bits per heavy atom. The van der Waals surface area contributed by atoms with Crippen molar-refractivity contribution >= 4 is 11.8 Å². The van der Waals surface area contributed by atoms with Crippen molar-refractivity contribution in [2.24, 2.45) is 11.8 Å². The van der Waals surface area contributed by atoms with Gasteiger partial charge in [0, 0.05) is 36.8 Å². The molecule has 2 aromatic rings. The van der Waals surface area contributed by atoms with Crippen LogP contribution in [0.15, 0.2) is 48.7 Å². The second-order valence-corrected chi connectivity index (χ2v) is 8.87. The van der Waals surface area contributed by atoms with E-state index in [9.17, 15) is 9.59 Å². The number of likely N-dealkylation sites (tertiary alicyclic amines) is 1. The zero-order valence-electron chi connectivity index (χ0n) is 17.2. The zero-order chi connectivity index (χ0) is 20.7. The van der Waals surface area contributed by atoms with Gasteiger partial charge in [-0.15, -0.1) is 0 Å². The van der Waals surface area contributed by atoms with Crippen LogP contribution in [0.4, 0.5) is 0 Å². The van der Waals surface area contributed by atoms with Crippen LogP contribution >= 0.6 is 0 Å². The van der Waals surface area contributed by atoms with Crippen molar-refractivity contribution in [1.29, 1.82) is 0 Å². The molecule has 3 aliphatic heterocycles. The predicted molar refractivity (Wildman–Crippen MR) is 112 cm³/mol. The van der Waals surface area contributed by atoms with E-state index in [2.05, 4.69) is 10.3 Å². The molecule has 30 heavy (non-hydrogen) atoms. The van der Waals surface area contributed by atoms with Crippen molar-refractivity contribution in [2.75, 3.05) is 19.6 Å². The standard InChI is InChI=1S/C24H27N3O3/c1-16-7-8-18(12-25-16)23(29)26-13-19-20-14-27(15-24(20)10-9-21(19)30-24)22(28)11-17-5-3-2-4-6-17/h2-8,12,19-21H,9-11,13-15H2,1H3,(H,26,29)/t19-,20+,21+,24+/m0/s1. The van der Waals surface area contributed by atoms with Gasteiger partial charge in [-0.2, -0.15) is 0 Å². The third kappa shape index (κ3) is 3.39. The zero-order valence-corrected chi connectivity index (χ0v) is 17.2. The first-order valence-corrected chi connectivity index (χ1v) is 10.7. The molecular formula is C24H27N3O3. The number of fused-ring (bicyclic) bond motifs is 1. The molecule has 6 nitrogen and oxygen atoms in total. The number of hydrogen-bond donors (Lipinski definition) is 1. The number of pyridine rings is 1. The Morgan fingerprint density at radius 1 is 1.23 bits per heavy atom. The Morgan fingerprint density at radius 2 is 2.07 bits per heavy atom. The number of ether oxygens (including phenoxy) is 1. The summed E-state index contributed by atoms with van der Waals surface area (Å²) < 4.78 is 6.42. The minimum atomic E-state index is -0.224. The van der Waals surface area contributed by atoms with Gasteiger partial charge in [0.2, 0.25) is 5.91 Å². The number of hydrogen-bond acceptors (Lipinski definition) is 4. The molecule has 0 unspecified atom stereocenters. The summed E-state index contributed by atoms with van der Waals surface area (Å²) in [5, 5.41) is 3.08. The van der Waals surface area contributed by atoms with Crippen LogP contribution < -0.4 is 5.32 Å². The van der Waals surface area contributed by atoms with E-state index in [0.29, 0.717) is 25.1 Å². The van der Waals surface area contributed by atoms with E-state index in [-0.39, 0.29) is 35.4 Å². The van der Waals surface area contributed by atoms with E-state index < -0.39 is 0 Å². The van der Waals surface area contributed by atoms with E-state index in [4.69, 9.17) is 4.74 Å². The summed E-state index contributed by atoms with van der Waals surface area (Å²) in [6, 6.07) is 13.5. The Balaban J connectivity index is 1.23. The van der Waals surface area contributed by atoms with Crippen molar-refractivity contribution in [3.05, 3.63) is 65.5 Å². The molecule has 0 saturated carbocycles. The fourth-order valence-corrected chi connectivity index (χ4v) is 5.45. The van der Waals surface area contributed by atoms with Crippen molar-refractivity contribution < 1.29 is 14.3 Å². The number of nitrogens with zero attached hydrogens (tertiary/aromatic N) is 2. The van der Waals surface area contributed by atoms with Gasteiger partial charge < -0.3 is 15.0 Å². The van der Waals surface area contributed by atoms with Crippen LogP contribution in [-0.4, -0.2) is 53.0 Å². The van der Waals surface area contributed by atoms with Crippen molar-refractivity contribution in [3.63, 3.8) is 0 Å². The summed E-state index contributed by atoms with van der Waals surface area (Å²) in [6.45, 7) is 3.87. The molecule has 2 amide bonds. The van der Waals surface area contributed by atoms with Crippen LogP contribution in [0.3, 0.4) is 0 Å². The normalized spacial score (nSPS) is 29.1. The van der Waals surface area contributed by atoms with Gasteiger partial charge in [0.25, 0.3) is 5.91 Å². The minimum absolute atomic E-state index is 0.102. The number of benzene rings is 1. The van der Waals surface area contributed by atoms with Gasteiger partial charge in [-0.1, -0.05) is 30.3 Å². The van der Waals surface area contributed by atoms with Crippen LogP contribution in [0.1, 0.15) is 34.5 Å². The van der Waals surface area contributed by atoms with Crippen LogP contribution in [0.5, 0.6) is 0 Å². The molecule has 3 fully saturated rings. The molecule has 1 aromatic carbocycles. The number of carbonyl (C=O) groups is 2. The molecule has 3 saturated heterocycles. The topological polar surface area (TPSA) is 71.5 Å². The van der Waals surface area contributed by atoms with E-state index >= 15 is 0 Å².